The molecule has 0 radical (unpaired) electrons. The van der Waals surface area contributed by atoms with E-state index in [1.807, 2.05) is 18.2 Å². The van der Waals surface area contributed by atoms with Crippen LogP contribution in [-0.2, 0) is 13.0 Å². The number of rotatable bonds is 7. The summed E-state index contributed by atoms with van der Waals surface area (Å²) < 4.78 is 11.5. The van der Waals surface area contributed by atoms with E-state index in [1.165, 1.54) is 11.1 Å². The van der Waals surface area contributed by atoms with Crippen LogP contribution in [0.1, 0.15) is 11.1 Å². The standard InChI is InChI=1S/C17H20BrNO2/c1-20-15-5-3-4-13(10-15)8-9-19-12-14-6-7-17(21-2)16(18)11-14/h3-7,10-11,19H,8-9,12H2,1-2H3/p+1. The molecule has 2 aromatic carbocycles. The van der Waals surface area contributed by atoms with Gasteiger partial charge >= 0.3 is 0 Å². The lowest BCUT2D eigenvalue weighted by Crippen LogP contribution is -2.83. The van der Waals surface area contributed by atoms with E-state index in [0.717, 1.165) is 35.5 Å². The number of nitrogens with two attached hydrogens (primary N) is 1. The highest BCUT2D eigenvalue weighted by atomic mass is 79.9. The molecular formula is C17H21BrNO2+. The lowest BCUT2D eigenvalue weighted by atomic mass is 10.1. The van der Waals surface area contributed by atoms with Crippen molar-refractivity contribution in [3.63, 3.8) is 0 Å². The number of halogens is 1. The van der Waals surface area contributed by atoms with Crippen LogP contribution in [-0.4, -0.2) is 20.8 Å². The Morgan fingerprint density at radius 2 is 1.86 bits per heavy atom. The average molecular weight is 351 g/mol. The highest BCUT2D eigenvalue weighted by Crippen LogP contribution is 2.25. The van der Waals surface area contributed by atoms with Crippen molar-refractivity contribution >= 4 is 15.9 Å². The molecular weight excluding hydrogens is 330 g/mol. The second-order valence-electron chi connectivity index (χ2n) is 4.85. The van der Waals surface area contributed by atoms with Gasteiger partial charge in [0.15, 0.2) is 0 Å². The molecule has 4 heteroatoms. The Balaban J connectivity index is 1.80. The molecule has 112 valence electrons. The van der Waals surface area contributed by atoms with Crippen molar-refractivity contribution < 1.29 is 14.8 Å². The summed E-state index contributed by atoms with van der Waals surface area (Å²) in [6, 6.07) is 14.5. The van der Waals surface area contributed by atoms with Gasteiger partial charge in [-0.25, -0.2) is 0 Å². The van der Waals surface area contributed by atoms with Crippen molar-refractivity contribution in [2.75, 3.05) is 20.8 Å². The van der Waals surface area contributed by atoms with Crippen molar-refractivity contribution in [2.24, 2.45) is 0 Å². The quantitative estimate of drug-likeness (QED) is 0.779. The molecule has 0 aliphatic carbocycles. The largest absolute Gasteiger partial charge is 0.497 e. The van der Waals surface area contributed by atoms with Gasteiger partial charge in [0.1, 0.15) is 18.0 Å². The van der Waals surface area contributed by atoms with Crippen LogP contribution in [0, 0.1) is 0 Å². The van der Waals surface area contributed by atoms with Crippen LogP contribution >= 0.6 is 15.9 Å². The van der Waals surface area contributed by atoms with Crippen molar-refractivity contribution in [1.82, 2.24) is 0 Å². The predicted molar refractivity (Wildman–Crippen MR) is 87.9 cm³/mol. The molecule has 0 aliphatic rings. The minimum absolute atomic E-state index is 0.870. The molecule has 0 saturated heterocycles. The van der Waals surface area contributed by atoms with Crippen LogP contribution in [0.5, 0.6) is 11.5 Å². The van der Waals surface area contributed by atoms with E-state index < -0.39 is 0 Å². The summed E-state index contributed by atoms with van der Waals surface area (Å²) in [4.78, 5) is 0. The molecule has 21 heavy (non-hydrogen) atoms. The summed E-state index contributed by atoms with van der Waals surface area (Å²) in [5.74, 6) is 1.79. The Kier molecular flexibility index (Phi) is 6.08. The van der Waals surface area contributed by atoms with Gasteiger partial charge in [-0.15, -0.1) is 0 Å². The average Bonchev–Trinajstić information content (AvgIpc) is 2.52. The normalized spacial score (nSPS) is 10.4. The smallest absolute Gasteiger partial charge is 0.133 e. The Labute approximate surface area is 134 Å². The molecule has 0 aliphatic heterocycles. The maximum absolute atomic E-state index is 5.24. The van der Waals surface area contributed by atoms with E-state index in [9.17, 15) is 0 Å². The number of hydrogen-bond donors (Lipinski definition) is 1. The molecule has 0 aromatic heterocycles. The molecule has 0 unspecified atom stereocenters. The van der Waals surface area contributed by atoms with Crippen LogP contribution in [0.4, 0.5) is 0 Å². The van der Waals surface area contributed by atoms with Gasteiger partial charge in [-0.3, -0.25) is 0 Å². The van der Waals surface area contributed by atoms with Crippen LogP contribution < -0.4 is 14.8 Å². The molecule has 0 saturated carbocycles. The molecule has 0 atom stereocenters. The predicted octanol–water partition coefficient (Wildman–Crippen LogP) is 2.77. The monoisotopic (exact) mass is 350 g/mol. The Bertz CT molecular complexity index is 587. The molecule has 0 bridgehead atoms. The number of methoxy groups -OCH3 is 2. The van der Waals surface area contributed by atoms with Crippen LogP contribution in [0.3, 0.4) is 0 Å². The van der Waals surface area contributed by atoms with Gasteiger partial charge in [0.05, 0.1) is 25.2 Å². The van der Waals surface area contributed by atoms with E-state index in [4.69, 9.17) is 9.47 Å². The molecule has 0 spiro atoms. The maximum Gasteiger partial charge on any atom is 0.133 e. The Morgan fingerprint density at radius 1 is 1.00 bits per heavy atom. The zero-order valence-corrected chi connectivity index (χ0v) is 14.0. The first-order valence-corrected chi connectivity index (χ1v) is 7.79. The summed E-state index contributed by atoms with van der Waals surface area (Å²) in [5, 5.41) is 2.31. The summed E-state index contributed by atoms with van der Waals surface area (Å²) >= 11 is 3.52. The van der Waals surface area contributed by atoms with Crippen LogP contribution in [0.2, 0.25) is 0 Å². The first-order chi connectivity index (χ1) is 10.2. The highest BCUT2D eigenvalue weighted by Gasteiger charge is 2.03. The second kappa shape index (κ2) is 8.05. The summed E-state index contributed by atoms with van der Waals surface area (Å²) in [6.07, 6.45) is 1.04. The van der Waals surface area contributed by atoms with Crippen LogP contribution in [0.15, 0.2) is 46.9 Å². The fraction of sp³-hybridized carbons (Fsp3) is 0.294. The van der Waals surface area contributed by atoms with Gasteiger partial charge < -0.3 is 14.8 Å². The minimum Gasteiger partial charge on any atom is -0.497 e. The van der Waals surface area contributed by atoms with Gasteiger partial charge in [-0.05, 0) is 51.8 Å². The van der Waals surface area contributed by atoms with Crippen molar-refractivity contribution in [3.05, 3.63) is 58.1 Å². The molecule has 2 N–H and O–H groups in total. The zero-order valence-electron chi connectivity index (χ0n) is 12.4. The van der Waals surface area contributed by atoms with E-state index in [1.54, 1.807) is 14.2 Å². The third-order valence-corrected chi connectivity index (χ3v) is 3.99. The maximum atomic E-state index is 5.24. The minimum atomic E-state index is 0.870. The first-order valence-electron chi connectivity index (χ1n) is 7.00. The van der Waals surface area contributed by atoms with Gasteiger partial charge in [0, 0.05) is 12.0 Å². The van der Waals surface area contributed by atoms with Gasteiger partial charge in [0.2, 0.25) is 0 Å². The summed E-state index contributed by atoms with van der Waals surface area (Å²) in [7, 11) is 3.38. The van der Waals surface area contributed by atoms with E-state index in [-0.39, 0.29) is 0 Å². The molecule has 2 aromatic rings. The van der Waals surface area contributed by atoms with E-state index in [0.29, 0.717) is 0 Å². The fourth-order valence-electron chi connectivity index (χ4n) is 2.20. The lowest BCUT2D eigenvalue weighted by Gasteiger charge is -2.07. The Morgan fingerprint density at radius 3 is 2.57 bits per heavy atom. The van der Waals surface area contributed by atoms with Crippen molar-refractivity contribution in [2.45, 2.75) is 13.0 Å². The first kappa shape index (κ1) is 15.9. The zero-order chi connectivity index (χ0) is 15.1. The third-order valence-electron chi connectivity index (χ3n) is 3.37. The Hall–Kier alpha value is -1.52. The fourth-order valence-corrected chi connectivity index (χ4v) is 2.79. The second-order valence-corrected chi connectivity index (χ2v) is 5.71. The number of benzene rings is 2. The summed E-state index contributed by atoms with van der Waals surface area (Å²) in [6.45, 7) is 2.02. The SMILES string of the molecule is COc1cccc(CC[NH2+]Cc2ccc(OC)c(Br)c2)c1. The van der Waals surface area contributed by atoms with Gasteiger partial charge in [-0.2, -0.15) is 0 Å². The topological polar surface area (TPSA) is 35.1 Å². The number of ether oxygens (including phenoxy) is 2. The van der Waals surface area contributed by atoms with Gasteiger partial charge in [0.25, 0.3) is 0 Å². The van der Waals surface area contributed by atoms with E-state index in [2.05, 4.69) is 45.5 Å². The molecule has 3 nitrogen and oxygen atoms in total. The molecule has 0 fully saturated rings. The lowest BCUT2D eigenvalue weighted by molar-refractivity contribution is -0.670. The van der Waals surface area contributed by atoms with Crippen molar-refractivity contribution in [3.8, 4) is 11.5 Å². The molecule has 0 amide bonds. The third kappa shape index (κ3) is 4.76. The van der Waals surface area contributed by atoms with Crippen LogP contribution in [0.25, 0.3) is 0 Å². The number of quaternary nitrogens is 1. The van der Waals surface area contributed by atoms with Crippen molar-refractivity contribution in [1.29, 1.82) is 0 Å². The van der Waals surface area contributed by atoms with E-state index >= 15 is 0 Å². The van der Waals surface area contributed by atoms with Gasteiger partial charge in [-0.1, -0.05) is 12.1 Å². The summed E-state index contributed by atoms with van der Waals surface area (Å²) in [5.41, 5.74) is 2.59. The molecule has 2 rings (SSSR count). The molecule has 0 heterocycles. The highest BCUT2D eigenvalue weighted by molar-refractivity contribution is 9.10. The number of hydrogen-bond acceptors (Lipinski definition) is 2.